The molecule has 3 aliphatic heterocycles. The van der Waals surface area contributed by atoms with Gasteiger partial charge in [0, 0.05) is 50.5 Å². The lowest BCUT2D eigenvalue weighted by Crippen LogP contribution is -2.48. The maximum absolute atomic E-state index is 13.3. The van der Waals surface area contributed by atoms with Crippen LogP contribution in [0.1, 0.15) is 75.9 Å². The molecule has 1 saturated carbocycles. The second kappa shape index (κ2) is 12.5. The van der Waals surface area contributed by atoms with Crippen molar-refractivity contribution in [1.82, 2.24) is 39.5 Å². The summed E-state index contributed by atoms with van der Waals surface area (Å²) in [7, 11) is 0. The van der Waals surface area contributed by atoms with E-state index in [1.54, 1.807) is 0 Å². The van der Waals surface area contributed by atoms with Crippen molar-refractivity contribution >= 4 is 5.91 Å². The van der Waals surface area contributed by atoms with Crippen molar-refractivity contribution in [3.8, 4) is 0 Å². The number of H-pyrrole nitrogens is 2. The zero-order valence-corrected chi connectivity index (χ0v) is 23.7. The molecule has 0 bridgehead atoms. The van der Waals surface area contributed by atoms with Gasteiger partial charge in [-0.3, -0.25) is 14.6 Å². The molecule has 9 nitrogen and oxygen atoms in total. The quantitative estimate of drug-likeness (QED) is 0.510. The minimum absolute atomic E-state index is 0.359. The number of aromatic nitrogens is 4. The number of amides is 1. The van der Waals surface area contributed by atoms with Crippen molar-refractivity contribution in [3.05, 3.63) is 36.4 Å². The fourth-order valence-electron chi connectivity index (χ4n) is 7.73. The van der Waals surface area contributed by atoms with Crippen LogP contribution >= 0.6 is 0 Å². The van der Waals surface area contributed by atoms with Gasteiger partial charge in [0.25, 0.3) is 0 Å². The highest BCUT2D eigenvalue weighted by molar-refractivity contribution is 5.78. The molecule has 5 heterocycles. The Hall–Kier alpha value is -2.23. The van der Waals surface area contributed by atoms with Gasteiger partial charge in [-0.2, -0.15) is 0 Å². The lowest BCUT2D eigenvalue weighted by molar-refractivity contribution is -0.132. The number of nitrogens with one attached hydrogen (secondary N) is 2. The summed E-state index contributed by atoms with van der Waals surface area (Å²) >= 11 is 0. The second-order valence-electron chi connectivity index (χ2n) is 12.9. The van der Waals surface area contributed by atoms with Crippen molar-refractivity contribution in [1.29, 1.82) is 0 Å². The van der Waals surface area contributed by atoms with Gasteiger partial charge in [-0.1, -0.05) is 19.3 Å². The Morgan fingerprint density at radius 1 is 0.872 bits per heavy atom. The molecule has 39 heavy (non-hydrogen) atoms. The largest absolute Gasteiger partial charge is 0.348 e. The van der Waals surface area contributed by atoms with E-state index in [0.717, 1.165) is 76.3 Å². The molecule has 0 aromatic carbocycles. The molecule has 3 saturated heterocycles. The molecule has 0 unspecified atom stereocenters. The minimum atomic E-state index is 0.359. The van der Waals surface area contributed by atoms with Gasteiger partial charge >= 0.3 is 0 Å². The lowest BCUT2D eigenvalue weighted by Gasteiger charge is -2.43. The summed E-state index contributed by atoms with van der Waals surface area (Å²) in [6, 6.07) is 0.834. The van der Waals surface area contributed by atoms with E-state index in [4.69, 9.17) is 0 Å². The van der Waals surface area contributed by atoms with E-state index >= 15 is 0 Å². The van der Waals surface area contributed by atoms with E-state index in [9.17, 15) is 4.79 Å². The van der Waals surface area contributed by atoms with Crippen LogP contribution in [-0.2, 0) is 17.9 Å². The molecule has 2 aromatic rings. The van der Waals surface area contributed by atoms with E-state index in [1.807, 2.05) is 24.8 Å². The third kappa shape index (κ3) is 6.92. The first-order valence-electron chi connectivity index (χ1n) is 15.6. The normalized spacial score (nSPS) is 23.8. The second-order valence-corrected chi connectivity index (χ2v) is 12.9. The summed E-state index contributed by atoms with van der Waals surface area (Å²) in [5.74, 6) is 2.98. The van der Waals surface area contributed by atoms with E-state index in [1.165, 1.54) is 64.5 Å². The van der Waals surface area contributed by atoms with Gasteiger partial charge in [0.1, 0.15) is 11.6 Å². The molecule has 2 N–H and O–H groups in total. The molecule has 9 heteroatoms. The first-order valence-corrected chi connectivity index (χ1v) is 15.6. The predicted octanol–water partition coefficient (Wildman–Crippen LogP) is 3.49. The van der Waals surface area contributed by atoms with Crippen LogP contribution in [0.3, 0.4) is 0 Å². The zero-order chi connectivity index (χ0) is 26.5. The first-order chi connectivity index (χ1) is 19.1. The Morgan fingerprint density at radius 3 is 2.13 bits per heavy atom. The molecular formula is C30H48N8O. The molecule has 0 atom stereocenters. The number of nitrogens with zero attached hydrogens (tertiary/aromatic N) is 6. The summed E-state index contributed by atoms with van der Waals surface area (Å²) < 4.78 is 0. The highest BCUT2D eigenvalue weighted by Crippen LogP contribution is 2.41. The van der Waals surface area contributed by atoms with Gasteiger partial charge in [0.15, 0.2) is 0 Å². The molecule has 1 aliphatic carbocycles. The molecule has 1 spiro atoms. The first kappa shape index (κ1) is 27.0. The number of rotatable bonds is 9. The summed E-state index contributed by atoms with van der Waals surface area (Å²) in [5, 5.41) is 0. The van der Waals surface area contributed by atoms with Crippen LogP contribution in [0.2, 0.25) is 0 Å². The molecule has 1 amide bonds. The van der Waals surface area contributed by atoms with Crippen molar-refractivity contribution < 1.29 is 4.79 Å². The highest BCUT2D eigenvalue weighted by atomic mass is 16.2. The van der Waals surface area contributed by atoms with Crippen LogP contribution < -0.4 is 0 Å². The Bertz CT molecular complexity index is 966. The fourth-order valence-corrected chi connectivity index (χ4v) is 7.73. The molecular weight excluding hydrogens is 488 g/mol. The van der Waals surface area contributed by atoms with Gasteiger partial charge in [0.05, 0.1) is 19.6 Å². The topological polar surface area (TPSA) is 87.4 Å². The van der Waals surface area contributed by atoms with Crippen LogP contribution in [0.25, 0.3) is 0 Å². The zero-order valence-electron chi connectivity index (χ0n) is 23.7. The molecule has 0 radical (unpaired) electrons. The van der Waals surface area contributed by atoms with Crippen LogP contribution in [0.5, 0.6) is 0 Å². The number of piperidine rings is 2. The fraction of sp³-hybridized carbons (Fsp3) is 0.767. The van der Waals surface area contributed by atoms with Crippen LogP contribution in [-0.4, -0.2) is 104 Å². The molecule has 4 fully saturated rings. The van der Waals surface area contributed by atoms with Gasteiger partial charge < -0.3 is 19.8 Å². The standard InChI is InChI=1S/C30H48N8O/c39-29(38-19-10-30(24-38)8-17-37(18-9-30)26-4-2-1-3-5-26)23-35-15-6-25(7-16-35)20-36(21-27-31-11-12-32-27)22-28-33-13-14-34-28/h11-14,25-26H,1-10,15-24H2,(H,31,32)(H,33,34). The number of likely N-dealkylation sites (tertiary alicyclic amines) is 3. The van der Waals surface area contributed by atoms with E-state index in [2.05, 4.69) is 39.5 Å². The Balaban J connectivity index is 0.935. The summed E-state index contributed by atoms with van der Waals surface area (Å²) in [4.78, 5) is 38.5. The number of aromatic amines is 2. The van der Waals surface area contributed by atoms with Gasteiger partial charge in [-0.15, -0.1) is 0 Å². The van der Waals surface area contributed by atoms with Crippen LogP contribution in [0, 0.1) is 11.3 Å². The number of hydrogen-bond acceptors (Lipinski definition) is 6. The lowest BCUT2D eigenvalue weighted by atomic mass is 9.77. The highest BCUT2D eigenvalue weighted by Gasteiger charge is 2.43. The Labute approximate surface area is 233 Å². The Kier molecular flexibility index (Phi) is 8.66. The molecule has 4 aliphatic rings. The average molecular weight is 537 g/mol. The molecule has 214 valence electrons. The van der Waals surface area contributed by atoms with E-state index in [-0.39, 0.29) is 0 Å². The average Bonchev–Trinajstić information content (AvgIpc) is 3.75. The third-order valence-electron chi connectivity index (χ3n) is 10.2. The summed E-state index contributed by atoms with van der Waals surface area (Å²) in [6.45, 7) is 9.69. The van der Waals surface area contributed by atoms with E-state index in [0.29, 0.717) is 23.8 Å². The third-order valence-corrected chi connectivity index (χ3v) is 10.2. The van der Waals surface area contributed by atoms with Crippen LogP contribution in [0.15, 0.2) is 24.8 Å². The maximum atomic E-state index is 13.3. The Morgan fingerprint density at radius 2 is 1.51 bits per heavy atom. The van der Waals surface area contributed by atoms with Crippen molar-refractivity contribution in [3.63, 3.8) is 0 Å². The maximum Gasteiger partial charge on any atom is 0.236 e. The minimum Gasteiger partial charge on any atom is -0.348 e. The van der Waals surface area contributed by atoms with Gasteiger partial charge in [-0.25, -0.2) is 9.97 Å². The number of hydrogen-bond donors (Lipinski definition) is 2. The van der Waals surface area contributed by atoms with Gasteiger partial charge in [0.2, 0.25) is 5.91 Å². The smallest absolute Gasteiger partial charge is 0.236 e. The SMILES string of the molecule is O=C(CN1CCC(CN(Cc2ncc[nH]2)Cc2ncc[nH]2)CC1)N1CCC2(CCN(C3CCCCC3)CC2)C1. The number of imidazole rings is 2. The molecule has 6 rings (SSSR count). The monoisotopic (exact) mass is 536 g/mol. The van der Waals surface area contributed by atoms with Crippen molar-refractivity contribution in [2.75, 3.05) is 52.4 Å². The summed E-state index contributed by atoms with van der Waals surface area (Å²) in [6.07, 6.45) is 20.5. The molecule has 2 aromatic heterocycles. The van der Waals surface area contributed by atoms with E-state index < -0.39 is 0 Å². The summed E-state index contributed by atoms with van der Waals surface area (Å²) in [5.41, 5.74) is 0.388. The number of carbonyl (C=O) groups is 1. The van der Waals surface area contributed by atoms with Gasteiger partial charge in [-0.05, 0) is 82.5 Å². The van der Waals surface area contributed by atoms with Crippen molar-refractivity contribution in [2.45, 2.75) is 83.3 Å². The number of carbonyl (C=O) groups excluding carboxylic acids is 1. The van der Waals surface area contributed by atoms with Crippen molar-refractivity contribution in [2.24, 2.45) is 11.3 Å². The van der Waals surface area contributed by atoms with Crippen LogP contribution in [0.4, 0.5) is 0 Å². The predicted molar refractivity (Wildman–Crippen MR) is 152 cm³/mol.